The smallest absolute Gasteiger partial charge is 0.0450 e. The predicted molar refractivity (Wildman–Crippen MR) is 76.7 cm³/mol. The molecule has 1 N–H and O–H groups in total. The maximum atomic E-state index is 6.12. The van der Waals surface area contributed by atoms with Gasteiger partial charge in [0, 0.05) is 36.5 Å². The first-order valence-electron chi connectivity index (χ1n) is 6.39. The third kappa shape index (κ3) is 3.37. The fourth-order valence-corrected chi connectivity index (χ4v) is 2.24. The zero-order chi connectivity index (χ0) is 12.8. The highest BCUT2D eigenvalue weighted by atomic mass is 35.5. The molecule has 2 aromatic rings. The molecule has 0 aliphatic heterocycles. The van der Waals surface area contributed by atoms with Crippen molar-refractivity contribution in [1.82, 2.24) is 9.88 Å². The number of halogens is 1. The van der Waals surface area contributed by atoms with Crippen LogP contribution in [0.2, 0.25) is 5.02 Å². The Bertz CT molecular complexity index is 491. The minimum atomic E-state index is 0.803. The van der Waals surface area contributed by atoms with E-state index in [1.54, 1.807) is 0 Å². The fourth-order valence-electron chi connectivity index (χ4n) is 2.04. The van der Waals surface area contributed by atoms with Gasteiger partial charge in [0.15, 0.2) is 0 Å². The average molecular weight is 263 g/mol. The number of nitrogens with zero attached hydrogens (tertiary/aromatic N) is 1. The molecule has 2 rings (SSSR count). The molecule has 18 heavy (non-hydrogen) atoms. The highest BCUT2D eigenvalue weighted by Gasteiger charge is 2.01. The van der Waals surface area contributed by atoms with E-state index in [1.165, 1.54) is 5.69 Å². The first-order valence-corrected chi connectivity index (χ1v) is 6.77. The Hall–Kier alpha value is -1.25. The molecule has 0 unspecified atom stereocenters. The Labute approximate surface area is 114 Å². The van der Waals surface area contributed by atoms with Crippen molar-refractivity contribution in [3.63, 3.8) is 0 Å². The van der Waals surface area contributed by atoms with Crippen LogP contribution in [0.15, 0.2) is 42.6 Å². The van der Waals surface area contributed by atoms with E-state index in [2.05, 4.69) is 41.2 Å². The Morgan fingerprint density at radius 3 is 2.72 bits per heavy atom. The van der Waals surface area contributed by atoms with Crippen LogP contribution >= 0.6 is 11.6 Å². The van der Waals surface area contributed by atoms with Crippen molar-refractivity contribution in [2.45, 2.75) is 33.0 Å². The van der Waals surface area contributed by atoms with Crippen molar-refractivity contribution < 1.29 is 0 Å². The van der Waals surface area contributed by atoms with Gasteiger partial charge < -0.3 is 9.88 Å². The van der Waals surface area contributed by atoms with E-state index in [1.807, 2.05) is 18.2 Å². The summed E-state index contributed by atoms with van der Waals surface area (Å²) in [5.74, 6) is 0. The standard InChI is InChI=1S/C15H19ClN2/c1-2-9-18-10-5-7-14(18)12-17-11-13-6-3-4-8-15(13)16/h3-8,10,17H,2,9,11-12H2,1H3. The van der Waals surface area contributed by atoms with Crippen LogP contribution in [0.4, 0.5) is 0 Å². The lowest BCUT2D eigenvalue weighted by Gasteiger charge is -2.10. The van der Waals surface area contributed by atoms with Crippen LogP contribution in [0.1, 0.15) is 24.6 Å². The largest absolute Gasteiger partial charge is 0.350 e. The summed E-state index contributed by atoms with van der Waals surface area (Å²) in [6.07, 6.45) is 3.29. The quantitative estimate of drug-likeness (QED) is 0.837. The number of benzene rings is 1. The van der Waals surface area contributed by atoms with Crippen LogP contribution in [0, 0.1) is 0 Å². The second-order valence-electron chi connectivity index (χ2n) is 4.39. The molecular formula is C15H19ClN2. The van der Waals surface area contributed by atoms with Crippen molar-refractivity contribution in [2.75, 3.05) is 0 Å². The van der Waals surface area contributed by atoms with Crippen molar-refractivity contribution in [2.24, 2.45) is 0 Å². The van der Waals surface area contributed by atoms with Gasteiger partial charge in [-0.05, 0) is 30.2 Å². The molecule has 0 radical (unpaired) electrons. The van der Waals surface area contributed by atoms with Crippen LogP contribution < -0.4 is 5.32 Å². The van der Waals surface area contributed by atoms with Crippen molar-refractivity contribution in [1.29, 1.82) is 0 Å². The lowest BCUT2D eigenvalue weighted by atomic mass is 10.2. The third-order valence-electron chi connectivity index (χ3n) is 2.97. The molecule has 1 aromatic carbocycles. The molecule has 0 saturated heterocycles. The molecule has 0 bridgehead atoms. The number of hydrogen-bond donors (Lipinski definition) is 1. The van der Waals surface area contributed by atoms with Gasteiger partial charge in [-0.25, -0.2) is 0 Å². The summed E-state index contributed by atoms with van der Waals surface area (Å²) in [5, 5.41) is 4.27. The van der Waals surface area contributed by atoms with Crippen LogP contribution in [0.3, 0.4) is 0 Å². The first kappa shape index (κ1) is 13.2. The van der Waals surface area contributed by atoms with E-state index < -0.39 is 0 Å². The molecule has 1 aromatic heterocycles. The van der Waals surface area contributed by atoms with Gasteiger partial charge in [-0.15, -0.1) is 0 Å². The molecule has 0 atom stereocenters. The van der Waals surface area contributed by atoms with Crippen LogP contribution in [-0.2, 0) is 19.6 Å². The van der Waals surface area contributed by atoms with E-state index in [0.29, 0.717) is 0 Å². The topological polar surface area (TPSA) is 17.0 Å². The number of rotatable bonds is 6. The summed E-state index contributed by atoms with van der Waals surface area (Å²) in [6.45, 7) is 4.95. The lowest BCUT2D eigenvalue weighted by Crippen LogP contribution is -2.15. The second kappa shape index (κ2) is 6.62. The Morgan fingerprint density at radius 2 is 1.94 bits per heavy atom. The molecule has 0 spiro atoms. The van der Waals surface area contributed by atoms with Crippen LogP contribution in [0.25, 0.3) is 0 Å². The average Bonchev–Trinajstić information content (AvgIpc) is 2.80. The molecular weight excluding hydrogens is 244 g/mol. The summed E-state index contributed by atoms with van der Waals surface area (Å²) in [5.41, 5.74) is 2.47. The number of aryl methyl sites for hydroxylation is 1. The highest BCUT2D eigenvalue weighted by molar-refractivity contribution is 6.31. The molecule has 1 heterocycles. The van der Waals surface area contributed by atoms with Gasteiger partial charge >= 0.3 is 0 Å². The Morgan fingerprint density at radius 1 is 1.11 bits per heavy atom. The van der Waals surface area contributed by atoms with E-state index >= 15 is 0 Å². The summed E-state index contributed by atoms with van der Waals surface area (Å²) in [4.78, 5) is 0. The van der Waals surface area contributed by atoms with E-state index in [-0.39, 0.29) is 0 Å². The van der Waals surface area contributed by atoms with Crippen LogP contribution in [0.5, 0.6) is 0 Å². The zero-order valence-corrected chi connectivity index (χ0v) is 11.5. The minimum Gasteiger partial charge on any atom is -0.350 e. The van der Waals surface area contributed by atoms with E-state index in [0.717, 1.165) is 36.6 Å². The molecule has 0 saturated carbocycles. The summed E-state index contributed by atoms with van der Waals surface area (Å²) < 4.78 is 2.29. The van der Waals surface area contributed by atoms with Crippen molar-refractivity contribution in [3.05, 3.63) is 58.9 Å². The molecule has 0 aliphatic carbocycles. The Balaban J connectivity index is 1.88. The maximum absolute atomic E-state index is 6.12. The number of hydrogen-bond acceptors (Lipinski definition) is 1. The van der Waals surface area contributed by atoms with Crippen LogP contribution in [-0.4, -0.2) is 4.57 Å². The van der Waals surface area contributed by atoms with Gasteiger partial charge in [-0.1, -0.05) is 36.7 Å². The van der Waals surface area contributed by atoms with Gasteiger partial charge in [-0.3, -0.25) is 0 Å². The van der Waals surface area contributed by atoms with Gasteiger partial charge in [0.05, 0.1) is 0 Å². The lowest BCUT2D eigenvalue weighted by molar-refractivity contribution is 0.602. The highest BCUT2D eigenvalue weighted by Crippen LogP contribution is 2.14. The number of aromatic nitrogens is 1. The summed E-state index contributed by atoms with van der Waals surface area (Å²) >= 11 is 6.12. The predicted octanol–water partition coefficient (Wildman–Crippen LogP) is 3.84. The SMILES string of the molecule is CCCn1cccc1CNCc1ccccc1Cl. The molecule has 0 aliphatic rings. The molecule has 96 valence electrons. The van der Waals surface area contributed by atoms with Gasteiger partial charge in [-0.2, -0.15) is 0 Å². The van der Waals surface area contributed by atoms with Crippen molar-refractivity contribution in [3.8, 4) is 0 Å². The third-order valence-corrected chi connectivity index (χ3v) is 3.34. The minimum absolute atomic E-state index is 0.803. The molecule has 0 amide bonds. The summed E-state index contributed by atoms with van der Waals surface area (Å²) in [7, 11) is 0. The number of nitrogens with one attached hydrogen (secondary N) is 1. The molecule has 0 fully saturated rings. The van der Waals surface area contributed by atoms with Gasteiger partial charge in [0.2, 0.25) is 0 Å². The van der Waals surface area contributed by atoms with E-state index in [9.17, 15) is 0 Å². The molecule has 3 heteroatoms. The van der Waals surface area contributed by atoms with Gasteiger partial charge in [0.1, 0.15) is 0 Å². The monoisotopic (exact) mass is 262 g/mol. The Kier molecular flexibility index (Phi) is 4.85. The van der Waals surface area contributed by atoms with Crippen molar-refractivity contribution >= 4 is 11.6 Å². The second-order valence-corrected chi connectivity index (χ2v) is 4.80. The normalized spacial score (nSPS) is 10.8. The fraction of sp³-hybridized carbons (Fsp3) is 0.333. The zero-order valence-electron chi connectivity index (χ0n) is 10.7. The molecule has 2 nitrogen and oxygen atoms in total. The summed E-state index contributed by atoms with van der Waals surface area (Å²) in [6, 6.07) is 12.2. The maximum Gasteiger partial charge on any atom is 0.0450 e. The first-order chi connectivity index (χ1) is 8.81. The van der Waals surface area contributed by atoms with Gasteiger partial charge in [0.25, 0.3) is 0 Å². The van der Waals surface area contributed by atoms with E-state index in [4.69, 9.17) is 11.6 Å².